The molecular formula is C10H7ClN2O6S. The highest BCUT2D eigenvalue weighted by atomic mass is 35.5. The van der Waals surface area contributed by atoms with Gasteiger partial charge in [0.05, 0.1) is 17.1 Å². The Kier molecular flexibility index (Phi) is 3.50. The van der Waals surface area contributed by atoms with E-state index < -0.39 is 38.3 Å². The fourth-order valence-corrected chi connectivity index (χ4v) is 2.68. The molecule has 0 atom stereocenters. The Hall–Kier alpha value is -1.97. The number of amides is 1. The number of carbonyl (C=O) groups is 2. The number of hydrazone groups is 1. The van der Waals surface area contributed by atoms with Crippen molar-refractivity contribution >= 4 is 45.0 Å². The molecule has 2 N–H and O–H groups in total. The summed E-state index contributed by atoms with van der Waals surface area (Å²) >= 11 is 5.82. The number of anilines is 1. The average molecular weight is 319 g/mol. The van der Waals surface area contributed by atoms with E-state index in [0.717, 1.165) is 6.07 Å². The second-order valence-corrected chi connectivity index (χ2v) is 5.57. The van der Waals surface area contributed by atoms with Crippen molar-refractivity contribution in [3.8, 4) is 0 Å². The van der Waals surface area contributed by atoms with Gasteiger partial charge in [-0.2, -0.15) is 18.5 Å². The topological polar surface area (TPSA) is 124 Å². The predicted molar refractivity (Wildman–Crippen MR) is 68.4 cm³/mol. The standard InChI is InChI=1S/C10H7ClN2O6S/c11-9-6(2-1-3-7(9)20(17,18)19)13-8(14)4-5(12-13)10(15)16/h1-3H,4H2,(H,15,16)(H,17,18,19). The number of hydrogen-bond acceptors (Lipinski definition) is 5. The van der Waals surface area contributed by atoms with Crippen molar-refractivity contribution < 1.29 is 27.7 Å². The highest BCUT2D eigenvalue weighted by Gasteiger charge is 2.31. The van der Waals surface area contributed by atoms with E-state index in [1.54, 1.807) is 0 Å². The third kappa shape index (κ3) is 2.50. The Labute approximate surface area is 118 Å². The van der Waals surface area contributed by atoms with Gasteiger partial charge in [0.15, 0.2) is 5.71 Å². The molecule has 1 amide bonds. The van der Waals surface area contributed by atoms with Crippen molar-refractivity contribution in [3.05, 3.63) is 23.2 Å². The lowest BCUT2D eigenvalue weighted by Gasteiger charge is -2.14. The molecule has 1 aliphatic heterocycles. The third-order valence-electron chi connectivity index (χ3n) is 2.47. The van der Waals surface area contributed by atoms with Crippen molar-refractivity contribution in [2.75, 3.05) is 5.01 Å². The average Bonchev–Trinajstić information content (AvgIpc) is 2.70. The summed E-state index contributed by atoms with van der Waals surface area (Å²) in [4.78, 5) is 21.8. The summed E-state index contributed by atoms with van der Waals surface area (Å²) in [6.45, 7) is 0. The first-order chi connectivity index (χ1) is 9.21. The fraction of sp³-hybridized carbons (Fsp3) is 0.100. The van der Waals surface area contributed by atoms with Crippen LogP contribution in [0.15, 0.2) is 28.2 Å². The first-order valence-corrected chi connectivity index (χ1v) is 6.93. The Morgan fingerprint density at radius 2 is 2.05 bits per heavy atom. The van der Waals surface area contributed by atoms with E-state index in [2.05, 4.69) is 5.10 Å². The molecular weight excluding hydrogens is 312 g/mol. The van der Waals surface area contributed by atoms with Gasteiger partial charge in [-0.3, -0.25) is 9.35 Å². The Bertz CT molecular complexity index is 742. The number of benzene rings is 1. The molecule has 0 saturated heterocycles. The SMILES string of the molecule is O=C(O)C1=NN(c2cccc(S(=O)(=O)O)c2Cl)C(=O)C1. The van der Waals surface area contributed by atoms with Crippen LogP contribution >= 0.6 is 11.6 Å². The minimum absolute atomic E-state index is 0.122. The van der Waals surface area contributed by atoms with E-state index >= 15 is 0 Å². The van der Waals surface area contributed by atoms with Crippen LogP contribution in [0.5, 0.6) is 0 Å². The van der Waals surface area contributed by atoms with Gasteiger partial charge in [-0.1, -0.05) is 17.7 Å². The molecule has 0 unspecified atom stereocenters. The van der Waals surface area contributed by atoms with Crippen LogP contribution in [0.3, 0.4) is 0 Å². The van der Waals surface area contributed by atoms with Crippen LogP contribution in [0.4, 0.5) is 5.69 Å². The van der Waals surface area contributed by atoms with Crippen LogP contribution in [0.1, 0.15) is 6.42 Å². The summed E-state index contributed by atoms with van der Waals surface area (Å²) in [5, 5.41) is 12.6. The second kappa shape index (κ2) is 4.85. The molecule has 1 aliphatic rings. The Balaban J connectivity index is 2.55. The molecule has 10 heteroatoms. The van der Waals surface area contributed by atoms with Gasteiger partial charge in [-0.25, -0.2) is 4.79 Å². The van der Waals surface area contributed by atoms with E-state index in [1.165, 1.54) is 12.1 Å². The highest BCUT2D eigenvalue weighted by Crippen LogP contribution is 2.33. The molecule has 106 valence electrons. The quantitative estimate of drug-likeness (QED) is 0.793. The highest BCUT2D eigenvalue weighted by molar-refractivity contribution is 7.86. The van der Waals surface area contributed by atoms with Gasteiger partial charge in [0, 0.05) is 0 Å². The lowest BCUT2D eigenvalue weighted by molar-refractivity contribution is -0.129. The van der Waals surface area contributed by atoms with Gasteiger partial charge >= 0.3 is 5.97 Å². The van der Waals surface area contributed by atoms with Gasteiger partial charge in [-0.05, 0) is 12.1 Å². The van der Waals surface area contributed by atoms with Crippen LogP contribution in [0, 0.1) is 0 Å². The van der Waals surface area contributed by atoms with E-state index in [4.69, 9.17) is 21.3 Å². The summed E-state index contributed by atoms with van der Waals surface area (Å²) in [5.74, 6) is -2.03. The molecule has 0 saturated carbocycles. The Morgan fingerprint density at radius 1 is 1.40 bits per heavy atom. The maximum Gasteiger partial charge on any atom is 0.352 e. The zero-order valence-corrected chi connectivity index (χ0v) is 11.2. The summed E-state index contributed by atoms with van der Waals surface area (Å²) in [6.07, 6.45) is -0.429. The van der Waals surface area contributed by atoms with E-state index in [0.29, 0.717) is 5.01 Å². The first-order valence-electron chi connectivity index (χ1n) is 5.11. The van der Waals surface area contributed by atoms with Crippen LogP contribution in [-0.4, -0.2) is 35.7 Å². The number of carboxylic acid groups (broad SMARTS) is 1. The predicted octanol–water partition coefficient (Wildman–Crippen LogP) is 0.764. The normalized spacial score (nSPS) is 15.4. The number of halogens is 1. The molecule has 1 aromatic carbocycles. The number of hydrogen-bond donors (Lipinski definition) is 2. The van der Waals surface area contributed by atoms with Gasteiger partial charge in [0.1, 0.15) is 4.90 Å². The van der Waals surface area contributed by atoms with Crippen LogP contribution in [-0.2, 0) is 19.7 Å². The maximum atomic E-state index is 11.7. The second-order valence-electron chi connectivity index (χ2n) is 3.80. The van der Waals surface area contributed by atoms with Crippen molar-refractivity contribution in [2.24, 2.45) is 5.10 Å². The molecule has 2 rings (SSSR count). The molecule has 0 bridgehead atoms. The number of rotatable bonds is 3. The van der Waals surface area contributed by atoms with Gasteiger partial charge in [0.2, 0.25) is 0 Å². The minimum atomic E-state index is -4.57. The van der Waals surface area contributed by atoms with Crippen LogP contribution < -0.4 is 5.01 Å². The molecule has 8 nitrogen and oxygen atoms in total. The monoisotopic (exact) mass is 318 g/mol. The summed E-state index contributed by atoms with van der Waals surface area (Å²) in [7, 11) is -4.57. The van der Waals surface area contributed by atoms with Crippen molar-refractivity contribution in [1.82, 2.24) is 0 Å². The summed E-state index contributed by atoms with van der Waals surface area (Å²) in [5.41, 5.74) is -0.508. The molecule has 0 fully saturated rings. The molecule has 20 heavy (non-hydrogen) atoms. The molecule has 0 radical (unpaired) electrons. The smallest absolute Gasteiger partial charge is 0.352 e. The minimum Gasteiger partial charge on any atom is -0.477 e. The molecule has 1 aromatic rings. The van der Waals surface area contributed by atoms with Gasteiger partial charge < -0.3 is 5.11 Å². The number of carbonyl (C=O) groups excluding carboxylic acids is 1. The molecule has 1 heterocycles. The molecule has 0 spiro atoms. The van der Waals surface area contributed by atoms with Crippen LogP contribution in [0.2, 0.25) is 5.02 Å². The Morgan fingerprint density at radius 3 is 2.55 bits per heavy atom. The first kappa shape index (κ1) is 14.4. The van der Waals surface area contributed by atoms with E-state index in [1.807, 2.05) is 0 Å². The van der Waals surface area contributed by atoms with Crippen LogP contribution in [0.25, 0.3) is 0 Å². The van der Waals surface area contributed by atoms with Gasteiger partial charge in [0.25, 0.3) is 16.0 Å². The van der Waals surface area contributed by atoms with Crippen molar-refractivity contribution in [2.45, 2.75) is 11.3 Å². The molecule has 0 aliphatic carbocycles. The third-order valence-corrected chi connectivity index (χ3v) is 3.88. The number of aliphatic carboxylic acids is 1. The van der Waals surface area contributed by atoms with Crippen molar-refractivity contribution in [1.29, 1.82) is 0 Å². The fourth-order valence-electron chi connectivity index (χ4n) is 1.60. The largest absolute Gasteiger partial charge is 0.477 e. The number of carboxylic acids is 1. The molecule has 0 aromatic heterocycles. The zero-order valence-electron chi connectivity index (χ0n) is 9.65. The maximum absolute atomic E-state index is 11.7. The zero-order chi connectivity index (χ0) is 15.1. The van der Waals surface area contributed by atoms with E-state index in [-0.39, 0.29) is 11.4 Å². The van der Waals surface area contributed by atoms with Crippen molar-refractivity contribution in [3.63, 3.8) is 0 Å². The lowest BCUT2D eigenvalue weighted by Crippen LogP contribution is -2.20. The summed E-state index contributed by atoms with van der Waals surface area (Å²) in [6, 6.07) is 3.57. The lowest BCUT2D eigenvalue weighted by atomic mass is 10.2. The number of nitrogens with zero attached hydrogens (tertiary/aromatic N) is 2. The van der Waals surface area contributed by atoms with Gasteiger partial charge in [-0.15, -0.1) is 0 Å². The van der Waals surface area contributed by atoms with E-state index in [9.17, 15) is 18.0 Å². The summed E-state index contributed by atoms with van der Waals surface area (Å²) < 4.78 is 31.2.